The predicted molar refractivity (Wildman–Crippen MR) is 104 cm³/mol. The van der Waals surface area contributed by atoms with Crippen molar-refractivity contribution in [3.05, 3.63) is 11.8 Å². The van der Waals surface area contributed by atoms with E-state index in [1.54, 1.807) is 13.2 Å². The molecule has 0 spiro atoms. The predicted octanol–water partition coefficient (Wildman–Crippen LogP) is 4.42. The minimum Gasteiger partial charge on any atom is -0.475 e. The molecule has 1 rings (SSSR count). The molecule has 0 N–H and O–H groups in total. The van der Waals surface area contributed by atoms with Gasteiger partial charge in [0.2, 0.25) is 5.88 Å². The molecule has 1 heterocycles. The first kappa shape index (κ1) is 22.6. The summed E-state index contributed by atoms with van der Waals surface area (Å²) in [7, 11) is 1.61. The van der Waals surface area contributed by atoms with Crippen LogP contribution in [0.15, 0.2) is 6.07 Å². The lowest BCUT2D eigenvalue weighted by atomic mass is 10.4. The first-order chi connectivity index (χ1) is 12.1. The summed E-state index contributed by atoms with van der Waals surface area (Å²) in [5, 5.41) is 0. The van der Waals surface area contributed by atoms with Gasteiger partial charge in [0.25, 0.3) is 0 Å². The van der Waals surface area contributed by atoms with Gasteiger partial charge in [-0.1, -0.05) is 29.7 Å². The SMILES string of the molecule is CCCSP(=O)(OCC)SCc1cc(OCCOC)nc(OCC)n1. The number of nitrogens with zero attached hydrogens (tertiary/aromatic N) is 2. The van der Waals surface area contributed by atoms with E-state index in [1.165, 1.54) is 22.8 Å². The highest BCUT2D eigenvalue weighted by Crippen LogP contribution is 2.70. The van der Waals surface area contributed by atoms with Crippen LogP contribution in [0.4, 0.5) is 0 Å². The number of ether oxygens (including phenoxy) is 3. The van der Waals surface area contributed by atoms with E-state index < -0.39 is 5.77 Å². The molecule has 0 fully saturated rings. The van der Waals surface area contributed by atoms with Crippen molar-refractivity contribution in [2.75, 3.05) is 39.3 Å². The average Bonchev–Trinajstić information content (AvgIpc) is 2.59. The Hall–Kier alpha value is -0.470. The molecule has 0 bridgehead atoms. The molecule has 10 heteroatoms. The van der Waals surface area contributed by atoms with E-state index >= 15 is 0 Å². The zero-order valence-corrected chi connectivity index (χ0v) is 17.8. The molecule has 25 heavy (non-hydrogen) atoms. The molecule has 0 aliphatic heterocycles. The Morgan fingerprint density at radius 3 is 2.52 bits per heavy atom. The molecule has 0 aliphatic carbocycles. The Labute approximate surface area is 157 Å². The second kappa shape index (κ2) is 12.8. The zero-order valence-electron chi connectivity index (χ0n) is 15.2. The largest absolute Gasteiger partial charge is 0.475 e. The van der Waals surface area contributed by atoms with E-state index in [1.807, 2.05) is 13.8 Å². The standard InChI is InChI=1S/C15H27N2O5PS2/c1-5-10-24-23(18,22-7-3)25-12-13-11-14(21-9-8-19-4)17-15(16-13)20-6-2/h11H,5-10,12H2,1-4H3. The van der Waals surface area contributed by atoms with Crippen LogP contribution in [0.1, 0.15) is 32.9 Å². The molecule has 0 aromatic carbocycles. The monoisotopic (exact) mass is 410 g/mol. The van der Waals surface area contributed by atoms with Gasteiger partial charge in [0.05, 0.1) is 25.5 Å². The fourth-order valence-corrected chi connectivity index (χ4v) is 8.23. The molecule has 0 amide bonds. The second-order valence-corrected chi connectivity index (χ2v) is 12.2. The van der Waals surface area contributed by atoms with E-state index in [0.29, 0.717) is 43.8 Å². The number of hydrogen-bond donors (Lipinski definition) is 0. The van der Waals surface area contributed by atoms with Gasteiger partial charge < -0.3 is 18.7 Å². The topological polar surface area (TPSA) is 79.8 Å². The summed E-state index contributed by atoms with van der Waals surface area (Å²) in [4.78, 5) is 8.54. The Morgan fingerprint density at radius 2 is 1.88 bits per heavy atom. The van der Waals surface area contributed by atoms with Gasteiger partial charge in [-0.05, 0) is 20.3 Å². The average molecular weight is 410 g/mol. The van der Waals surface area contributed by atoms with Crippen LogP contribution in [0.25, 0.3) is 0 Å². The van der Waals surface area contributed by atoms with Crippen molar-refractivity contribution >= 4 is 28.5 Å². The summed E-state index contributed by atoms with van der Waals surface area (Å²) in [6, 6.07) is 1.98. The van der Waals surface area contributed by atoms with E-state index in [-0.39, 0.29) is 6.01 Å². The third-order valence-corrected chi connectivity index (χ3v) is 10.2. The van der Waals surface area contributed by atoms with Crippen molar-refractivity contribution in [1.29, 1.82) is 0 Å². The summed E-state index contributed by atoms with van der Waals surface area (Å²) in [6.07, 6.45) is 0.946. The molecule has 1 aromatic rings. The van der Waals surface area contributed by atoms with Crippen LogP contribution in [0.3, 0.4) is 0 Å². The van der Waals surface area contributed by atoms with E-state index in [9.17, 15) is 4.57 Å². The molecule has 0 radical (unpaired) electrons. The molecule has 7 nitrogen and oxygen atoms in total. The van der Waals surface area contributed by atoms with Gasteiger partial charge in [-0.3, -0.25) is 4.57 Å². The highest BCUT2D eigenvalue weighted by atomic mass is 33.1. The summed E-state index contributed by atoms with van der Waals surface area (Å²) in [6.45, 7) is 7.48. The summed E-state index contributed by atoms with van der Waals surface area (Å²) in [5.74, 6) is -1.16. The maximum absolute atomic E-state index is 12.8. The number of methoxy groups -OCH3 is 1. The van der Waals surface area contributed by atoms with Crippen LogP contribution in [-0.4, -0.2) is 49.3 Å². The van der Waals surface area contributed by atoms with Gasteiger partial charge in [0, 0.05) is 24.7 Å². The first-order valence-electron chi connectivity index (χ1n) is 8.23. The minimum absolute atomic E-state index is 0.250. The second-order valence-electron chi connectivity index (χ2n) is 4.73. The molecular formula is C15H27N2O5PS2. The van der Waals surface area contributed by atoms with Crippen LogP contribution < -0.4 is 9.47 Å². The molecule has 1 aromatic heterocycles. The Bertz CT molecular complexity index is 551. The van der Waals surface area contributed by atoms with Crippen molar-refractivity contribution in [2.45, 2.75) is 32.9 Å². The highest BCUT2D eigenvalue weighted by molar-refractivity contribution is 8.89. The lowest BCUT2D eigenvalue weighted by molar-refractivity contribution is 0.142. The van der Waals surface area contributed by atoms with Crippen LogP contribution in [0.5, 0.6) is 11.9 Å². The normalized spacial score (nSPS) is 13.4. The van der Waals surface area contributed by atoms with Crippen molar-refractivity contribution in [3.8, 4) is 11.9 Å². The van der Waals surface area contributed by atoms with Crippen molar-refractivity contribution in [1.82, 2.24) is 9.97 Å². The van der Waals surface area contributed by atoms with Gasteiger partial charge in [-0.2, -0.15) is 9.97 Å². The van der Waals surface area contributed by atoms with Crippen LogP contribution in [-0.2, 0) is 19.6 Å². The van der Waals surface area contributed by atoms with Crippen molar-refractivity contribution in [2.24, 2.45) is 0 Å². The van der Waals surface area contributed by atoms with Gasteiger partial charge in [0.15, 0.2) is 0 Å². The zero-order chi connectivity index (χ0) is 18.5. The van der Waals surface area contributed by atoms with Gasteiger partial charge in [-0.15, -0.1) is 0 Å². The number of rotatable bonds is 14. The van der Waals surface area contributed by atoms with Crippen molar-refractivity contribution < 1.29 is 23.3 Å². The van der Waals surface area contributed by atoms with E-state index in [2.05, 4.69) is 16.9 Å². The van der Waals surface area contributed by atoms with Crippen LogP contribution >= 0.6 is 28.5 Å². The summed E-state index contributed by atoms with van der Waals surface area (Å²) >= 11 is 2.65. The Kier molecular flexibility index (Phi) is 11.6. The Morgan fingerprint density at radius 1 is 1.08 bits per heavy atom. The van der Waals surface area contributed by atoms with Crippen LogP contribution in [0, 0.1) is 0 Å². The molecule has 0 saturated heterocycles. The molecular weight excluding hydrogens is 383 g/mol. The van der Waals surface area contributed by atoms with E-state index in [0.717, 1.165) is 12.2 Å². The summed E-state index contributed by atoms with van der Waals surface area (Å²) < 4.78 is 34.2. The molecule has 144 valence electrons. The van der Waals surface area contributed by atoms with Crippen molar-refractivity contribution in [3.63, 3.8) is 0 Å². The van der Waals surface area contributed by atoms with Crippen LogP contribution in [0.2, 0.25) is 0 Å². The third kappa shape index (κ3) is 9.15. The quantitative estimate of drug-likeness (QED) is 0.327. The fraction of sp³-hybridized carbons (Fsp3) is 0.733. The van der Waals surface area contributed by atoms with Gasteiger partial charge in [0.1, 0.15) is 6.61 Å². The smallest absolute Gasteiger partial charge is 0.319 e. The highest BCUT2D eigenvalue weighted by Gasteiger charge is 2.24. The first-order valence-corrected chi connectivity index (χ1v) is 13.0. The maximum Gasteiger partial charge on any atom is 0.319 e. The molecule has 1 unspecified atom stereocenters. The third-order valence-electron chi connectivity index (χ3n) is 2.66. The molecule has 1 atom stereocenters. The Balaban J connectivity index is 2.81. The lowest BCUT2D eigenvalue weighted by Crippen LogP contribution is -2.08. The number of aromatic nitrogens is 2. The number of hydrogen-bond acceptors (Lipinski definition) is 9. The minimum atomic E-state index is -2.80. The maximum atomic E-state index is 12.8. The van der Waals surface area contributed by atoms with Gasteiger partial charge in [-0.25, -0.2) is 0 Å². The molecule has 0 aliphatic rings. The van der Waals surface area contributed by atoms with E-state index in [4.69, 9.17) is 18.7 Å². The van der Waals surface area contributed by atoms with Gasteiger partial charge >= 0.3 is 11.8 Å². The lowest BCUT2D eigenvalue weighted by Gasteiger charge is -2.16. The summed E-state index contributed by atoms with van der Waals surface area (Å²) in [5.41, 5.74) is 0.688. The molecule has 0 saturated carbocycles. The fourth-order valence-electron chi connectivity index (χ4n) is 1.64.